The molecule has 0 aliphatic carbocycles. The summed E-state index contributed by atoms with van der Waals surface area (Å²) in [6.45, 7) is 4.47. The minimum absolute atomic E-state index is 0.0869. The molecule has 0 saturated heterocycles. The molecular weight excluding hydrogens is 430 g/mol. The van der Waals surface area contributed by atoms with Gasteiger partial charge >= 0.3 is 0 Å². The molecule has 1 amide bonds. The van der Waals surface area contributed by atoms with Gasteiger partial charge in [-0.3, -0.25) is 4.79 Å². The van der Waals surface area contributed by atoms with Crippen molar-refractivity contribution in [1.29, 1.82) is 0 Å². The average Bonchev–Trinajstić information content (AvgIpc) is 3.46. The lowest BCUT2D eigenvalue weighted by Gasteiger charge is -2.06. The molecule has 0 radical (unpaired) electrons. The number of rotatable bonds is 6. The highest BCUT2D eigenvalue weighted by Crippen LogP contribution is 2.29. The van der Waals surface area contributed by atoms with E-state index in [2.05, 4.69) is 40.1 Å². The number of fused-ring (bicyclic) bond motifs is 1. The SMILES string of the molecule is Cc1cc(C)c2c(CC(=O)NCc3cccc(-c4nc(-c5ccccc5)cs4)c3)noc2c1. The number of aromatic nitrogens is 2. The van der Waals surface area contributed by atoms with Crippen LogP contribution in [0.15, 0.2) is 76.6 Å². The summed E-state index contributed by atoms with van der Waals surface area (Å²) < 4.78 is 5.44. The summed E-state index contributed by atoms with van der Waals surface area (Å²) in [6.07, 6.45) is 0.184. The zero-order valence-electron chi connectivity index (χ0n) is 18.5. The summed E-state index contributed by atoms with van der Waals surface area (Å²) in [4.78, 5) is 17.4. The number of thiazole rings is 1. The maximum atomic E-state index is 12.6. The summed E-state index contributed by atoms with van der Waals surface area (Å²) in [5.74, 6) is -0.0869. The van der Waals surface area contributed by atoms with Crippen LogP contribution in [0.4, 0.5) is 0 Å². The monoisotopic (exact) mass is 453 g/mol. The number of nitrogens with one attached hydrogen (secondary N) is 1. The molecule has 33 heavy (non-hydrogen) atoms. The van der Waals surface area contributed by atoms with Gasteiger partial charge < -0.3 is 9.84 Å². The molecule has 5 nitrogen and oxygen atoms in total. The van der Waals surface area contributed by atoms with Crippen molar-refractivity contribution in [3.63, 3.8) is 0 Å². The van der Waals surface area contributed by atoms with Crippen LogP contribution in [0.5, 0.6) is 0 Å². The Morgan fingerprint density at radius 2 is 1.82 bits per heavy atom. The van der Waals surface area contributed by atoms with E-state index in [4.69, 9.17) is 9.51 Å². The minimum Gasteiger partial charge on any atom is -0.356 e. The number of carbonyl (C=O) groups excluding carboxylic acids is 1. The summed E-state index contributed by atoms with van der Waals surface area (Å²) in [5, 5.41) is 11.1. The molecule has 6 heteroatoms. The zero-order valence-corrected chi connectivity index (χ0v) is 19.3. The van der Waals surface area contributed by atoms with Gasteiger partial charge in [0, 0.05) is 28.4 Å². The number of aryl methyl sites for hydroxylation is 2. The first-order chi connectivity index (χ1) is 16.1. The summed E-state index contributed by atoms with van der Waals surface area (Å²) in [6, 6.07) is 22.3. The fraction of sp³-hybridized carbons (Fsp3) is 0.148. The second-order valence-electron chi connectivity index (χ2n) is 8.14. The van der Waals surface area contributed by atoms with E-state index in [1.54, 1.807) is 11.3 Å². The third-order valence-electron chi connectivity index (χ3n) is 5.55. The van der Waals surface area contributed by atoms with Crippen LogP contribution in [0.3, 0.4) is 0 Å². The van der Waals surface area contributed by atoms with Crippen LogP contribution in [0.25, 0.3) is 32.8 Å². The first-order valence-corrected chi connectivity index (χ1v) is 11.7. The van der Waals surface area contributed by atoms with Crippen LogP contribution in [-0.2, 0) is 17.8 Å². The second-order valence-corrected chi connectivity index (χ2v) is 9.00. The van der Waals surface area contributed by atoms with Crippen LogP contribution in [0.2, 0.25) is 0 Å². The van der Waals surface area contributed by atoms with Gasteiger partial charge in [-0.15, -0.1) is 11.3 Å². The van der Waals surface area contributed by atoms with Gasteiger partial charge in [-0.1, -0.05) is 59.8 Å². The maximum Gasteiger partial charge on any atom is 0.226 e. The minimum atomic E-state index is -0.0869. The van der Waals surface area contributed by atoms with E-state index in [9.17, 15) is 4.79 Å². The standard InChI is InChI=1S/C27H23N3O2S/c1-17-11-18(2)26-22(30-32-24(26)12-17)14-25(31)28-15-19-7-6-10-21(13-19)27-29-23(16-33-27)20-8-4-3-5-9-20/h3-13,16H,14-15H2,1-2H3,(H,28,31). The van der Waals surface area contributed by atoms with Crippen LogP contribution >= 0.6 is 11.3 Å². The van der Waals surface area contributed by atoms with Gasteiger partial charge in [0.1, 0.15) is 10.7 Å². The van der Waals surface area contributed by atoms with Gasteiger partial charge in [0.2, 0.25) is 5.91 Å². The topological polar surface area (TPSA) is 68.0 Å². The third-order valence-corrected chi connectivity index (χ3v) is 6.44. The highest BCUT2D eigenvalue weighted by Gasteiger charge is 2.15. The summed E-state index contributed by atoms with van der Waals surface area (Å²) in [5.41, 5.74) is 7.72. The quantitative estimate of drug-likeness (QED) is 0.338. The second kappa shape index (κ2) is 9.00. The van der Waals surface area contributed by atoms with Gasteiger partial charge in [-0.25, -0.2) is 4.98 Å². The molecule has 2 aromatic heterocycles. The Labute approximate surface area is 196 Å². The molecule has 0 unspecified atom stereocenters. The predicted molar refractivity (Wildman–Crippen MR) is 132 cm³/mol. The van der Waals surface area contributed by atoms with Crippen molar-refractivity contribution < 1.29 is 9.32 Å². The van der Waals surface area contributed by atoms with Crippen LogP contribution in [0.1, 0.15) is 22.4 Å². The smallest absolute Gasteiger partial charge is 0.226 e. The number of hydrogen-bond donors (Lipinski definition) is 1. The van der Waals surface area contributed by atoms with Gasteiger partial charge in [-0.05, 0) is 42.7 Å². The number of benzene rings is 3. The van der Waals surface area contributed by atoms with E-state index >= 15 is 0 Å². The molecule has 0 atom stereocenters. The van der Waals surface area contributed by atoms with Crippen LogP contribution in [-0.4, -0.2) is 16.0 Å². The van der Waals surface area contributed by atoms with E-state index in [1.807, 2.05) is 56.3 Å². The van der Waals surface area contributed by atoms with E-state index in [0.29, 0.717) is 12.2 Å². The Balaban J connectivity index is 1.26. The summed E-state index contributed by atoms with van der Waals surface area (Å²) >= 11 is 1.62. The third kappa shape index (κ3) is 4.56. The van der Waals surface area contributed by atoms with Gasteiger partial charge in [0.25, 0.3) is 0 Å². The first kappa shape index (κ1) is 21.1. The van der Waals surface area contributed by atoms with Crippen molar-refractivity contribution in [3.8, 4) is 21.8 Å². The number of nitrogens with zero attached hydrogens (tertiary/aromatic N) is 2. The molecule has 164 valence electrons. The van der Waals surface area contributed by atoms with E-state index in [-0.39, 0.29) is 12.3 Å². The Kier molecular flexibility index (Phi) is 5.75. The van der Waals surface area contributed by atoms with Gasteiger partial charge in [0.15, 0.2) is 5.58 Å². The van der Waals surface area contributed by atoms with Crippen LogP contribution < -0.4 is 5.32 Å². The molecule has 0 bridgehead atoms. The Morgan fingerprint density at radius 3 is 2.67 bits per heavy atom. The normalized spacial score (nSPS) is 11.1. The Bertz CT molecular complexity index is 1440. The van der Waals surface area contributed by atoms with Crippen molar-refractivity contribution >= 4 is 28.2 Å². The van der Waals surface area contributed by atoms with Crippen LogP contribution in [0, 0.1) is 13.8 Å². The highest BCUT2D eigenvalue weighted by molar-refractivity contribution is 7.13. The fourth-order valence-electron chi connectivity index (χ4n) is 4.02. The van der Waals surface area contributed by atoms with Gasteiger partial charge in [0.05, 0.1) is 12.1 Å². The van der Waals surface area contributed by atoms with E-state index in [0.717, 1.165) is 49.5 Å². The molecule has 3 aromatic carbocycles. The largest absolute Gasteiger partial charge is 0.356 e. The number of hydrogen-bond acceptors (Lipinski definition) is 5. The molecule has 0 aliphatic rings. The molecule has 0 saturated carbocycles. The lowest BCUT2D eigenvalue weighted by atomic mass is 10.0. The van der Waals surface area contributed by atoms with Gasteiger partial charge in [-0.2, -0.15) is 0 Å². The lowest BCUT2D eigenvalue weighted by Crippen LogP contribution is -2.24. The average molecular weight is 454 g/mol. The van der Waals surface area contributed by atoms with Crippen molar-refractivity contribution in [2.45, 2.75) is 26.8 Å². The fourth-order valence-corrected chi connectivity index (χ4v) is 4.84. The predicted octanol–water partition coefficient (Wildman–Crippen LogP) is 6.09. The molecule has 2 heterocycles. The molecule has 5 rings (SSSR count). The first-order valence-electron chi connectivity index (χ1n) is 10.8. The van der Waals surface area contributed by atoms with Crippen molar-refractivity contribution in [1.82, 2.24) is 15.5 Å². The lowest BCUT2D eigenvalue weighted by molar-refractivity contribution is -0.120. The highest BCUT2D eigenvalue weighted by atomic mass is 32.1. The molecule has 0 spiro atoms. The molecular formula is C27H23N3O2S. The van der Waals surface area contributed by atoms with E-state index < -0.39 is 0 Å². The molecule has 0 aliphatic heterocycles. The van der Waals surface area contributed by atoms with Crippen molar-refractivity contribution in [2.75, 3.05) is 0 Å². The van der Waals surface area contributed by atoms with Crippen molar-refractivity contribution in [3.05, 3.63) is 94.5 Å². The molecule has 5 aromatic rings. The van der Waals surface area contributed by atoms with E-state index in [1.165, 1.54) is 0 Å². The number of carbonyl (C=O) groups is 1. The maximum absolute atomic E-state index is 12.6. The zero-order chi connectivity index (χ0) is 22.8. The Morgan fingerprint density at radius 1 is 1.00 bits per heavy atom. The molecule has 0 fully saturated rings. The summed E-state index contributed by atoms with van der Waals surface area (Å²) in [7, 11) is 0. The number of amides is 1. The Hall–Kier alpha value is -3.77. The van der Waals surface area contributed by atoms with Crippen molar-refractivity contribution in [2.24, 2.45) is 0 Å². The molecule has 1 N–H and O–H groups in total.